The molecule has 3 aromatic rings. The number of rotatable bonds is 5. The average Bonchev–Trinajstić information content (AvgIpc) is 2.92. The fourth-order valence-electron chi connectivity index (χ4n) is 2.50. The predicted molar refractivity (Wildman–Crippen MR) is 85.2 cm³/mol. The summed E-state index contributed by atoms with van der Waals surface area (Å²) in [5.41, 5.74) is 2.91. The zero-order valence-corrected chi connectivity index (χ0v) is 12.5. The van der Waals surface area contributed by atoms with Crippen molar-refractivity contribution in [1.29, 1.82) is 0 Å². The van der Waals surface area contributed by atoms with Gasteiger partial charge in [-0.15, -0.1) is 0 Å². The molecule has 0 fully saturated rings. The van der Waals surface area contributed by atoms with Crippen molar-refractivity contribution in [1.82, 2.24) is 20.1 Å². The van der Waals surface area contributed by atoms with Crippen LogP contribution in [0, 0.1) is 0 Å². The van der Waals surface area contributed by atoms with Gasteiger partial charge in [-0.25, -0.2) is 0 Å². The first-order valence-corrected chi connectivity index (χ1v) is 7.38. The molecule has 0 radical (unpaired) electrons. The molecule has 0 unspecified atom stereocenters. The molecule has 0 aliphatic carbocycles. The first-order chi connectivity index (χ1) is 10.8. The van der Waals surface area contributed by atoms with Gasteiger partial charge in [-0.1, -0.05) is 24.3 Å². The van der Waals surface area contributed by atoms with Crippen molar-refractivity contribution >= 4 is 16.8 Å². The van der Waals surface area contributed by atoms with Crippen LogP contribution in [0.15, 0.2) is 48.8 Å². The van der Waals surface area contributed by atoms with E-state index in [2.05, 4.69) is 22.3 Å². The molecule has 0 aliphatic heterocycles. The van der Waals surface area contributed by atoms with Gasteiger partial charge >= 0.3 is 0 Å². The van der Waals surface area contributed by atoms with E-state index in [1.165, 1.54) is 0 Å². The lowest BCUT2D eigenvalue weighted by Gasteiger charge is -2.03. The molecule has 0 saturated heterocycles. The Morgan fingerprint density at radius 3 is 2.86 bits per heavy atom. The summed E-state index contributed by atoms with van der Waals surface area (Å²) in [6.45, 7) is 3.31. The standard InChI is InChI=1S/C17H18N4O/c1-2-21-16-8-4-3-7-14(16)15(20-21)12-19-17(22)10-13-6-5-9-18-11-13/h3-9,11H,2,10,12H2,1H3,(H,19,22). The Morgan fingerprint density at radius 2 is 2.09 bits per heavy atom. The smallest absolute Gasteiger partial charge is 0.224 e. The van der Waals surface area contributed by atoms with Gasteiger partial charge in [0, 0.05) is 24.3 Å². The van der Waals surface area contributed by atoms with Gasteiger partial charge in [-0.05, 0) is 24.6 Å². The molecule has 3 rings (SSSR count). The number of benzene rings is 1. The minimum absolute atomic E-state index is 0.0249. The van der Waals surface area contributed by atoms with E-state index in [1.807, 2.05) is 41.1 Å². The normalized spacial score (nSPS) is 10.8. The molecule has 0 aliphatic rings. The van der Waals surface area contributed by atoms with Crippen LogP contribution in [0.25, 0.3) is 10.9 Å². The van der Waals surface area contributed by atoms with Crippen molar-refractivity contribution in [2.24, 2.45) is 0 Å². The van der Waals surface area contributed by atoms with E-state index in [9.17, 15) is 4.79 Å². The van der Waals surface area contributed by atoms with Crippen LogP contribution in [0.4, 0.5) is 0 Å². The third-order valence-corrected chi connectivity index (χ3v) is 3.57. The van der Waals surface area contributed by atoms with Gasteiger partial charge in [0.2, 0.25) is 5.91 Å². The van der Waals surface area contributed by atoms with Crippen LogP contribution in [0.5, 0.6) is 0 Å². The lowest BCUT2D eigenvalue weighted by atomic mass is 10.2. The van der Waals surface area contributed by atoms with E-state index >= 15 is 0 Å². The molecule has 2 aromatic heterocycles. The number of para-hydroxylation sites is 1. The summed E-state index contributed by atoms with van der Waals surface area (Å²) < 4.78 is 1.96. The molecular weight excluding hydrogens is 276 g/mol. The molecule has 5 nitrogen and oxygen atoms in total. The highest BCUT2D eigenvalue weighted by molar-refractivity contribution is 5.83. The Hall–Kier alpha value is -2.69. The highest BCUT2D eigenvalue weighted by atomic mass is 16.1. The summed E-state index contributed by atoms with van der Waals surface area (Å²) in [5.74, 6) is -0.0249. The molecule has 1 N–H and O–H groups in total. The quantitative estimate of drug-likeness (QED) is 0.785. The van der Waals surface area contributed by atoms with E-state index in [0.717, 1.165) is 28.7 Å². The number of carbonyl (C=O) groups excluding carboxylic acids is 1. The number of nitrogens with one attached hydrogen (secondary N) is 1. The minimum atomic E-state index is -0.0249. The number of aromatic nitrogens is 3. The molecule has 1 aromatic carbocycles. The molecule has 0 saturated carbocycles. The molecule has 1 amide bonds. The van der Waals surface area contributed by atoms with Crippen LogP contribution >= 0.6 is 0 Å². The summed E-state index contributed by atoms with van der Waals surface area (Å²) in [4.78, 5) is 16.0. The number of fused-ring (bicyclic) bond motifs is 1. The van der Waals surface area contributed by atoms with Crippen molar-refractivity contribution in [3.05, 3.63) is 60.0 Å². The predicted octanol–water partition coefficient (Wildman–Crippen LogP) is 2.31. The molecule has 5 heteroatoms. The van der Waals surface area contributed by atoms with Crippen molar-refractivity contribution < 1.29 is 4.79 Å². The number of amides is 1. The number of carbonyl (C=O) groups is 1. The lowest BCUT2D eigenvalue weighted by molar-refractivity contribution is -0.120. The number of hydrogen-bond acceptors (Lipinski definition) is 3. The molecule has 0 spiro atoms. The van der Waals surface area contributed by atoms with E-state index in [4.69, 9.17) is 0 Å². The van der Waals surface area contributed by atoms with Gasteiger partial charge in [0.1, 0.15) is 0 Å². The summed E-state index contributed by atoms with van der Waals surface area (Å²) in [5, 5.41) is 8.60. The van der Waals surface area contributed by atoms with E-state index in [0.29, 0.717) is 13.0 Å². The summed E-state index contributed by atoms with van der Waals surface area (Å²) in [6.07, 6.45) is 3.74. The van der Waals surface area contributed by atoms with Crippen molar-refractivity contribution in [2.75, 3.05) is 0 Å². The SMILES string of the molecule is CCn1nc(CNC(=O)Cc2cccnc2)c2ccccc21. The second-order valence-corrected chi connectivity index (χ2v) is 5.09. The Kier molecular flexibility index (Phi) is 4.14. The fraction of sp³-hybridized carbons (Fsp3) is 0.235. The Morgan fingerprint density at radius 1 is 1.23 bits per heavy atom. The Labute approximate surface area is 129 Å². The summed E-state index contributed by atoms with van der Waals surface area (Å²) in [7, 11) is 0. The molecule has 0 atom stereocenters. The largest absolute Gasteiger partial charge is 0.350 e. The zero-order valence-electron chi connectivity index (χ0n) is 12.5. The van der Waals surface area contributed by atoms with Gasteiger partial charge in [0.25, 0.3) is 0 Å². The number of hydrogen-bond donors (Lipinski definition) is 1. The van der Waals surface area contributed by atoms with Gasteiger partial charge in [0.15, 0.2) is 0 Å². The minimum Gasteiger partial charge on any atom is -0.350 e. The van der Waals surface area contributed by atoms with Gasteiger partial charge in [-0.2, -0.15) is 5.10 Å². The van der Waals surface area contributed by atoms with E-state index < -0.39 is 0 Å². The monoisotopic (exact) mass is 294 g/mol. The lowest BCUT2D eigenvalue weighted by Crippen LogP contribution is -2.25. The molecule has 0 bridgehead atoms. The van der Waals surface area contributed by atoms with Crippen LogP contribution < -0.4 is 5.32 Å². The second kappa shape index (κ2) is 6.39. The maximum atomic E-state index is 12.0. The van der Waals surface area contributed by atoms with Crippen LogP contribution in [0.1, 0.15) is 18.2 Å². The van der Waals surface area contributed by atoms with Crippen LogP contribution in [-0.2, 0) is 24.3 Å². The van der Waals surface area contributed by atoms with E-state index in [-0.39, 0.29) is 5.91 Å². The molecule has 22 heavy (non-hydrogen) atoms. The third-order valence-electron chi connectivity index (χ3n) is 3.57. The zero-order chi connectivity index (χ0) is 15.4. The second-order valence-electron chi connectivity index (χ2n) is 5.09. The topological polar surface area (TPSA) is 59.8 Å². The number of aryl methyl sites for hydroxylation is 1. The highest BCUT2D eigenvalue weighted by Crippen LogP contribution is 2.18. The Balaban J connectivity index is 1.70. The van der Waals surface area contributed by atoms with Crippen molar-refractivity contribution in [3.63, 3.8) is 0 Å². The summed E-state index contributed by atoms with van der Waals surface area (Å²) >= 11 is 0. The first kappa shape index (κ1) is 14.3. The number of nitrogens with zero attached hydrogens (tertiary/aromatic N) is 3. The molecule has 2 heterocycles. The van der Waals surface area contributed by atoms with E-state index in [1.54, 1.807) is 12.4 Å². The third kappa shape index (κ3) is 2.98. The van der Waals surface area contributed by atoms with Gasteiger partial charge in [-0.3, -0.25) is 14.5 Å². The molecule has 112 valence electrons. The van der Waals surface area contributed by atoms with Crippen LogP contribution in [-0.4, -0.2) is 20.7 Å². The van der Waals surface area contributed by atoms with Crippen molar-refractivity contribution in [3.8, 4) is 0 Å². The maximum absolute atomic E-state index is 12.0. The maximum Gasteiger partial charge on any atom is 0.224 e. The highest BCUT2D eigenvalue weighted by Gasteiger charge is 2.10. The van der Waals surface area contributed by atoms with Gasteiger partial charge in [0.05, 0.1) is 24.2 Å². The number of pyridine rings is 1. The van der Waals surface area contributed by atoms with Gasteiger partial charge < -0.3 is 5.32 Å². The Bertz CT molecular complexity index is 780. The van der Waals surface area contributed by atoms with Crippen LogP contribution in [0.2, 0.25) is 0 Å². The average molecular weight is 294 g/mol. The summed E-state index contributed by atoms with van der Waals surface area (Å²) in [6, 6.07) is 11.8. The van der Waals surface area contributed by atoms with Crippen molar-refractivity contribution in [2.45, 2.75) is 26.4 Å². The van der Waals surface area contributed by atoms with Crippen LogP contribution in [0.3, 0.4) is 0 Å². The molecular formula is C17H18N4O. The first-order valence-electron chi connectivity index (χ1n) is 7.38. The fourth-order valence-corrected chi connectivity index (χ4v) is 2.50.